The maximum Gasteiger partial charge on any atom is 0.513 e. The molecule has 1 atom stereocenters. The van der Waals surface area contributed by atoms with Gasteiger partial charge < -0.3 is 19.7 Å². The number of carbonyl (C=O) groups is 2. The van der Waals surface area contributed by atoms with Gasteiger partial charge in [-0.1, -0.05) is 6.92 Å². The molecule has 1 aromatic rings. The summed E-state index contributed by atoms with van der Waals surface area (Å²) in [6.45, 7) is 4.89. The first-order valence-corrected chi connectivity index (χ1v) is 8.16. The van der Waals surface area contributed by atoms with E-state index in [0.717, 1.165) is 25.8 Å². The molecule has 126 valence electrons. The third kappa shape index (κ3) is 4.87. The van der Waals surface area contributed by atoms with Crippen molar-refractivity contribution < 1.29 is 19.1 Å². The van der Waals surface area contributed by atoms with Gasteiger partial charge in [0.2, 0.25) is 0 Å². The van der Waals surface area contributed by atoms with Gasteiger partial charge in [0, 0.05) is 18.3 Å². The van der Waals surface area contributed by atoms with Crippen LogP contribution in [0.25, 0.3) is 0 Å². The normalized spacial score (nSPS) is 17.5. The first-order valence-electron chi connectivity index (χ1n) is 8.16. The second-order valence-electron chi connectivity index (χ2n) is 5.49. The Balaban J connectivity index is 1.92. The molecule has 1 heterocycles. The Hall–Kier alpha value is -2.24. The smallest absolute Gasteiger partial charge is 0.434 e. The number of hydrogen-bond acceptors (Lipinski definition) is 4. The minimum absolute atomic E-state index is 0.0735. The number of benzene rings is 1. The molecule has 1 aliphatic heterocycles. The van der Waals surface area contributed by atoms with Crippen LogP contribution in [0, 0.1) is 0 Å². The maximum atomic E-state index is 12.4. The number of ether oxygens (including phenoxy) is 2. The largest absolute Gasteiger partial charge is 0.513 e. The summed E-state index contributed by atoms with van der Waals surface area (Å²) >= 11 is 0. The predicted octanol–water partition coefficient (Wildman–Crippen LogP) is 4.02. The van der Waals surface area contributed by atoms with E-state index in [1.807, 2.05) is 4.90 Å². The number of amides is 2. The number of piperidine rings is 1. The van der Waals surface area contributed by atoms with Crippen molar-refractivity contribution in [3.63, 3.8) is 0 Å². The van der Waals surface area contributed by atoms with Crippen molar-refractivity contribution in [3.05, 3.63) is 24.3 Å². The lowest BCUT2D eigenvalue weighted by Crippen LogP contribution is -2.45. The van der Waals surface area contributed by atoms with E-state index in [2.05, 4.69) is 12.2 Å². The molecule has 1 saturated heterocycles. The standard InChI is InChI=1S/C17H24N2O4/c1-3-14-7-5-6-12-19(14)16(20)18-13-8-10-15(11-9-13)23-17(21)22-4-2/h8-11,14H,3-7,12H2,1-2H3,(H,18,20). The van der Waals surface area contributed by atoms with Gasteiger partial charge in [-0.15, -0.1) is 0 Å². The third-order valence-electron chi connectivity index (χ3n) is 3.93. The molecule has 1 aliphatic rings. The van der Waals surface area contributed by atoms with Crippen LogP contribution in [0.2, 0.25) is 0 Å². The van der Waals surface area contributed by atoms with Gasteiger partial charge in [0.25, 0.3) is 0 Å². The Bertz CT molecular complexity index is 530. The van der Waals surface area contributed by atoms with Crippen LogP contribution in [0.1, 0.15) is 39.5 Å². The Kier molecular flexibility index (Phi) is 6.26. The minimum Gasteiger partial charge on any atom is -0.434 e. The van der Waals surface area contributed by atoms with Gasteiger partial charge in [0.15, 0.2) is 0 Å². The number of carbonyl (C=O) groups excluding carboxylic acids is 2. The first kappa shape index (κ1) is 17.1. The molecule has 0 radical (unpaired) electrons. The van der Waals surface area contributed by atoms with E-state index in [1.54, 1.807) is 31.2 Å². The van der Waals surface area contributed by atoms with Gasteiger partial charge in [-0.2, -0.15) is 0 Å². The van der Waals surface area contributed by atoms with Crippen LogP contribution in [0.5, 0.6) is 5.75 Å². The fourth-order valence-electron chi connectivity index (χ4n) is 2.74. The number of anilines is 1. The molecule has 6 heteroatoms. The molecule has 0 spiro atoms. The lowest BCUT2D eigenvalue weighted by atomic mass is 10.0. The van der Waals surface area contributed by atoms with Gasteiger partial charge in [-0.05, 0) is 56.9 Å². The van der Waals surface area contributed by atoms with Gasteiger partial charge in [0.05, 0.1) is 6.61 Å². The van der Waals surface area contributed by atoms with Crippen LogP contribution >= 0.6 is 0 Å². The Morgan fingerprint density at radius 3 is 2.61 bits per heavy atom. The molecule has 1 unspecified atom stereocenters. The monoisotopic (exact) mass is 320 g/mol. The fraction of sp³-hybridized carbons (Fsp3) is 0.529. The summed E-state index contributed by atoms with van der Waals surface area (Å²) in [4.78, 5) is 25.5. The van der Waals surface area contributed by atoms with Crippen molar-refractivity contribution in [1.29, 1.82) is 0 Å². The molecule has 0 aromatic heterocycles. The third-order valence-corrected chi connectivity index (χ3v) is 3.93. The van der Waals surface area contributed by atoms with Crippen molar-refractivity contribution in [2.24, 2.45) is 0 Å². The molecule has 2 amide bonds. The van der Waals surface area contributed by atoms with Crippen LogP contribution in [0.4, 0.5) is 15.3 Å². The zero-order chi connectivity index (χ0) is 16.7. The lowest BCUT2D eigenvalue weighted by Gasteiger charge is -2.35. The van der Waals surface area contributed by atoms with Crippen molar-refractivity contribution in [1.82, 2.24) is 4.90 Å². The number of likely N-dealkylation sites (tertiary alicyclic amines) is 1. The highest BCUT2D eigenvalue weighted by Gasteiger charge is 2.25. The number of rotatable bonds is 4. The summed E-state index contributed by atoms with van der Waals surface area (Å²) in [5.41, 5.74) is 0.673. The summed E-state index contributed by atoms with van der Waals surface area (Å²) in [6, 6.07) is 6.90. The molecule has 0 bridgehead atoms. The van der Waals surface area contributed by atoms with E-state index < -0.39 is 6.16 Å². The van der Waals surface area contributed by atoms with Gasteiger partial charge in [-0.3, -0.25) is 0 Å². The minimum atomic E-state index is -0.733. The molecule has 0 aliphatic carbocycles. The van der Waals surface area contributed by atoms with Crippen LogP contribution in [0.3, 0.4) is 0 Å². The highest BCUT2D eigenvalue weighted by atomic mass is 16.7. The van der Waals surface area contributed by atoms with E-state index in [0.29, 0.717) is 17.5 Å². The van der Waals surface area contributed by atoms with Crippen LogP contribution in [0.15, 0.2) is 24.3 Å². The highest BCUT2D eigenvalue weighted by Crippen LogP contribution is 2.21. The number of urea groups is 1. The maximum absolute atomic E-state index is 12.4. The summed E-state index contributed by atoms with van der Waals surface area (Å²) in [5, 5.41) is 2.90. The van der Waals surface area contributed by atoms with Gasteiger partial charge in [-0.25, -0.2) is 9.59 Å². The molecular formula is C17H24N2O4. The average molecular weight is 320 g/mol. The van der Waals surface area contributed by atoms with E-state index in [9.17, 15) is 9.59 Å². The quantitative estimate of drug-likeness (QED) is 0.672. The molecular weight excluding hydrogens is 296 g/mol. The van der Waals surface area contributed by atoms with Crippen molar-refractivity contribution in [3.8, 4) is 5.75 Å². The molecule has 1 N–H and O–H groups in total. The second-order valence-corrected chi connectivity index (χ2v) is 5.49. The molecule has 1 aromatic carbocycles. The number of nitrogens with zero attached hydrogens (tertiary/aromatic N) is 1. The summed E-state index contributed by atoms with van der Waals surface area (Å²) in [7, 11) is 0. The van der Waals surface area contributed by atoms with Crippen molar-refractivity contribution >= 4 is 17.9 Å². The Labute approximate surface area is 136 Å². The molecule has 0 saturated carbocycles. The van der Waals surface area contributed by atoms with E-state index in [1.165, 1.54) is 6.42 Å². The number of hydrogen-bond donors (Lipinski definition) is 1. The van der Waals surface area contributed by atoms with Crippen molar-refractivity contribution in [2.45, 2.75) is 45.6 Å². The zero-order valence-corrected chi connectivity index (χ0v) is 13.7. The Morgan fingerprint density at radius 1 is 1.22 bits per heavy atom. The van der Waals surface area contributed by atoms with Crippen LogP contribution < -0.4 is 10.1 Å². The first-order chi connectivity index (χ1) is 11.1. The van der Waals surface area contributed by atoms with Gasteiger partial charge in [0.1, 0.15) is 5.75 Å². The summed E-state index contributed by atoms with van der Waals surface area (Å²) < 4.78 is 9.69. The topological polar surface area (TPSA) is 67.9 Å². The SMILES string of the molecule is CCOC(=O)Oc1ccc(NC(=O)N2CCCCC2CC)cc1. The molecule has 6 nitrogen and oxygen atoms in total. The summed E-state index contributed by atoms with van der Waals surface area (Å²) in [5.74, 6) is 0.380. The zero-order valence-electron chi connectivity index (χ0n) is 13.7. The molecule has 23 heavy (non-hydrogen) atoms. The van der Waals surface area contributed by atoms with Crippen molar-refractivity contribution in [2.75, 3.05) is 18.5 Å². The second kappa shape index (κ2) is 8.41. The highest BCUT2D eigenvalue weighted by molar-refractivity contribution is 5.89. The van der Waals surface area contributed by atoms with E-state index in [4.69, 9.17) is 9.47 Å². The lowest BCUT2D eigenvalue weighted by molar-refractivity contribution is 0.104. The van der Waals surface area contributed by atoms with Crippen LogP contribution in [-0.4, -0.2) is 36.3 Å². The fourth-order valence-corrected chi connectivity index (χ4v) is 2.74. The van der Waals surface area contributed by atoms with E-state index >= 15 is 0 Å². The predicted molar refractivity (Wildman–Crippen MR) is 87.7 cm³/mol. The Morgan fingerprint density at radius 2 is 1.96 bits per heavy atom. The molecule has 1 fully saturated rings. The average Bonchev–Trinajstić information content (AvgIpc) is 2.56. The van der Waals surface area contributed by atoms with E-state index in [-0.39, 0.29) is 12.6 Å². The number of nitrogens with one attached hydrogen (secondary N) is 1. The molecule has 2 rings (SSSR count). The van der Waals surface area contributed by atoms with Crippen LogP contribution in [-0.2, 0) is 4.74 Å². The van der Waals surface area contributed by atoms with Gasteiger partial charge >= 0.3 is 12.2 Å². The summed E-state index contributed by atoms with van der Waals surface area (Å²) in [6.07, 6.45) is 3.54.